The molecular weight excluding hydrogens is 496 g/mol. The van der Waals surface area contributed by atoms with Crippen molar-refractivity contribution in [3.05, 3.63) is 82.7 Å². The van der Waals surface area contributed by atoms with Crippen LogP contribution < -0.4 is 9.46 Å². The number of sulfonamides is 1. The van der Waals surface area contributed by atoms with Gasteiger partial charge in [0.15, 0.2) is 0 Å². The monoisotopic (exact) mass is 530 g/mol. The summed E-state index contributed by atoms with van der Waals surface area (Å²) in [4.78, 5) is 4.43. The van der Waals surface area contributed by atoms with E-state index in [1.165, 1.54) is 12.8 Å². The van der Waals surface area contributed by atoms with Crippen molar-refractivity contribution in [2.24, 2.45) is 5.92 Å². The van der Waals surface area contributed by atoms with Gasteiger partial charge in [0.2, 0.25) is 10.0 Å². The molecule has 1 fully saturated rings. The molecule has 36 heavy (non-hydrogen) atoms. The molecule has 1 saturated carbocycles. The molecule has 1 aromatic carbocycles. The molecule has 0 spiro atoms. The first-order valence-electron chi connectivity index (χ1n) is 12.2. The van der Waals surface area contributed by atoms with Gasteiger partial charge in [0, 0.05) is 11.6 Å². The highest BCUT2D eigenvalue weighted by Crippen LogP contribution is 2.30. The SMILES string of the molecule is C=C(OC)c1nc(Cl)c(C/C=C/CCS(=O)(=O)N[C@H](C)c2cccc(OCC3CC3)c2)cc1/C=C\C. The molecule has 1 aromatic heterocycles. The zero-order valence-electron chi connectivity index (χ0n) is 21.2. The van der Waals surface area contributed by atoms with Gasteiger partial charge in [0.25, 0.3) is 0 Å². The summed E-state index contributed by atoms with van der Waals surface area (Å²) in [5, 5.41) is 0.368. The van der Waals surface area contributed by atoms with Crippen LogP contribution in [0.2, 0.25) is 5.15 Å². The fourth-order valence-corrected chi connectivity index (χ4v) is 5.10. The minimum absolute atomic E-state index is 0.00584. The lowest BCUT2D eigenvalue weighted by atomic mass is 10.1. The van der Waals surface area contributed by atoms with E-state index in [2.05, 4.69) is 16.3 Å². The Balaban J connectivity index is 1.53. The smallest absolute Gasteiger partial charge is 0.212 e. The molecule has 194 valence electrons. The van der Waals surface area contributed by atoms with Crippen LogP contribution in [0.15, 0.2) is 55.1 Å². The number of hydrogen-bond acceptors (Lipinski definition) is 5. The Labute approximate surface area is 220 Å². The highest BCUT2D eigenvalue weighted by atomic mass is 35.5. The maximum absolute atomic E-state index is 12.6. The minimum Gasteiger partial charge on any atom is -0.495 e. The number of nitrogens with zero attached hydrogens (tertiary/aromatic N) is 1. The fraction of sp³-hybridized carbons (Fsp3) is 0.393. The molecule has 0 saturated heterocycles. The summed E-state index contributed by atoms with van der Waals surface area (Å²) in [6.07, 6.45) is 11.0. The summed E-state index contributed by atoms with van der Waals surface area (Å²) < 4.78 is 39.0. The summed E-state index contributed by atoms with van der Waals surface area (Å²) in [6.45, 7) is 8.35. The number of benzene rings is 1. The molecule has 1 atom stereocenters. The molecule has 2 aromatic rings. The van der Waals surface area contributed by atoms with E-state index in [1.807, 2.05) is 68.5 Å². The average Bonchev–Trinajstić information content (AvgIpc) is 3.68. The van der Waals surface area contributed by atoms with Crippen LogP contribution in [0.3, 0.4) is 0 Å². The van der Waals surface area contributed by atoms with Crippen molar-refractivity contribution in [2.45, 2.75) is 45.6 Å². The quantitative estimate of drug-likeness (QED) is 0.175. The van der Waals surface area contributed by atoms with Crippen molar-refractivity contribution in [3.8, 4) is 5.75 Å². The zero-order valence-corrected chi connectivity index (χ0v) is 22.7. The van der Waals surface area contributed by atoms with Gasteiger partial charge in [0.05, 0.1) is 19.5 Å². The molecular formula is C28H35ClN2O4S. The van der Waals surface area contributed by atoms with Crippen molar-refractivity contribution >= 4 is 33.5 Å². The summed E-state index contributed by atoms with van der Waals surface area (Å²) >= 11 is 6.37. The second kappa shape index (κ2) is 13.1. The van der Waals surface area contributed by atoms with Crippen molar-refractivity contribution in [1.29, 1.82) is 0 Å². The summed E-state index contributed by atoms with van der Waals surface area (Å²) in [6, 6.07) is 9.21. The number of nitrogens with one attached hydrogen (secondary N) is 1. The molecule has 0 radical (unpaired) electrons. The average molecular weight is 531 g/mol. The Morgan fingerprint density at radius 3 is 2.78 bits per heavy atom. The highest BCUT2D eigenvalue weighted by Gasteiger charge is 2.22. The van der Waals surface area contributed by atoms with Crippen molar-refractivity contribution in [3.63, 3.8) is 0 Å². The Morgan fingerprint density at radius 1 is 1.31 bits per heavy atom. The third-order valence-electron chi connectivity index (χ3n) is 5.89. The molecule has 1 aliphatic carbocycles. The van der Waals surface area contributed by atoms with Crippen LogP contribution in [0.25, 0.3) is 11.8 Å². The standard InChI is InChI=1S/C28H35ClN2O4S/c1-5-10-24-17-25(28(29)30-27(24)21(3)34-4)11-7-6-8-16-36(32,33)31-20(2)23-12-9-13-26(18-23)35-19-22-14-15-22/h5-7,9-10,12-13,17-18,20,22,31H,3,8,11,14-16,19H2,1-2,4H3/b7-6+,10-5-/t20-/m1/s1. The maximum atomic E-state index is 12.6. The molecule has 1 aliphatic rings. The first-order chi connectivity index (χ1) is 17.2. The predicted molar refractivity (Wildman–Crippen MR) is 147 cm³/mol. The highest BCUT2D eigenvalue weighted by molar-refractivity contribution is 7.89. The number of allylic oxidation sites excluding steroid dienone is 3. The summed E-state index contributed by atoms with van der Waals surface area (Å²) in [5.41, 5.74) is 3.17. The van der Waals surface area contributed by atoms with Crippen LogP contribution in [0.5, 0.6) is 5.75 Å². The van der Waals surface area contributed by atoms with Gasteiger partial charge in [-0.05, 0) is 74.8 Å². The normalized spacial score (nSPS) is 14.9. The molecule has 8 heteroatoms. The molecule has 6 nitrogen and oxygen atoms in total. The van der Waals surface area contributed by atoms with Gasteiger partial charge in [-0.1, -0.05) is 54.6 Å². The lowest BCUT2D eigenvalue weighted by Crippen LogP contribution is -2.29. The molecule has 1 heterocycles. The minimum atomic E-state index is -3.46. The van der Waals surface area contributed by atoms with Crippen LogP contribution >= 0.6 is 11.6 Å². The largest absolute Gasteiger partial charge is 0.495 e. The predicted octanol–water partition coefficient (Wildman–Crippen LogP) is 6.34. The second-order valence-corrected chi connectivity index (χ2v) is 11.2. The van der Waals surface area contributed by atoms with Crippen LogP contribution in [0.1, 0.15) is 61.5 Å². The third kappa shape index (κ3) is 8.50. The molecule has 3 rings (SSSR count). The van der Waals surface area contributed by atoms with Gasteiger partial charge in [-0.25, -0.2) is 18.1 Å². The number of halogens is 1. The van der Waals surface area contributed by atoms with E-state index in [-0.39, 0.29) is 11.8 Å². The van der Waals surface area contributed by atoms with Crippen LogP contribution in [0, 0.1) is 5.92 Å². The number of aromatic nitrogens is 1. The van der Waals surface area contributed by atoms with Gasteiger partial charge in [-0.2, -0.15) is 0 Å². The van der Waals surface area contributed by atoms with Gasteiger partial charge >= 0.3 is 0 Å². The zero-order chi connectivity index (χ0) is 26.1. The number of hydrogen-bond donors (Lipinski definition) is 1. The van der Waals surface area contributed by atoms with Crippen LogP contribution in [-0.4, -0.2) is 32.9 Å². The van der Waals surface area contributed by atoms with Crippen LogP contribution in [-0.2, 0) is 21.2 Å². The topological polar surface area (TPSA) is 77.5 Å². The maximum Gasteiger partial charge on any atom is 0.212 e. The van der Waals surface area contributed by atoms with Crippen LogP contribution in [0.4, 0.5) is 0 Å². The first-order valence-corrected chi connectivity index (χ1v) is 14.2. The third-order valence-corrected chi connectivity index (χ3v) is 7.70. The molecule has 0 unspecified atom stereocenters. The fourth-order valence-electron chi connectivity index (χ4n) is 3.64. The van der Waals surface area contributed by atoms with E-state index < -0.39 is 10.0 Å². The Hall–Kier alpha value is -2.61. The number of methoxy groups -OCH3 is 1. The number of rotatable bonds is 14. The lowest BCUT2D eigenvalue weighted by Gasteiger charge is -2.15. The first kappa shape index (κ1) is 28.0. The number of ether oxygens (including phenoxy) is 2. The summed E-state index contributed by atoms with van der Waals surface area (Å²) in [5.74, 6) is 1.87. The van der Waals surface area contributed by atoms with E-state index in [0.29, 0.717) is 35.4 Å². The Bertz CT molecular complexity index is 1220. The molecule has 1 N–H and O–H groups in total. The Morgan fingerprint density at radius 2 is 2.08 bits per heavy atom. The molecule has 0 amide bonds. The Kier molecular flexibility index (Phi) is 10.2. The summed E-state index contributed by atoms with van der Waals surface area (Å²) in [7, 11) is -1.92. The van der Waals surface area contributed by atoms with Gasteiger partial charge in [0.1, 0.15) is 22.4 Å². The number of pyridine rings is 1. The van der Waals surface area contributed by atoms with Gasteiger partial charge < -0.3 is 9.47 Å². The molecule has 0 bridgehead atoms. The van der Waals surface area contributed by atoms with Gasteiger partial charge in [-0.3, -0.25) is 0 Å². The van der Waals surface area contributed by atoms with E-state index in [9.17, 15) is 8.42 Å². The molecule has 0 aliphatic heterocycles. The van der Waals surface area contributed by atoms with E-state index in [4.69, 9.17) is 21.1 Å². The van der Waals surface area contributed by atoms with E-state index in [0.717, 1.165) is 29.0 Å². The lowest BCUT2D eigenvalue weighted by molar-refractivity contribution is 0.299. The van der Waals surface area contributed by atoms with Crippen molar-refractivity contribution in [2.75, 3.05) is 19.5 Å². The van der Waals surface area contributed by atoms with E-state index >= 15 is 0 Å². The second-order valence-electron chi connectivity index (χ2n) is 8.95. The van der Waals surface area contributed by atoms with Crippen molar-refractivity contribution < 1.29 is 17.9 Å². The van der Waals surface area contributed by atoms with Crippen molar-refractivity contribution in [1.82, 2.24) is 9.71 Å². The van der Waals surface area contributed by atoms with Gasteiger partial charge in [-0.15, -0.1) is 0 Å². The van der Waals surface area contributed by atoms with E-state index in [1.54, 1.807) is 7.11 Å².